The molecule has 0 bridgehead atoms. The Labute approximate surface area is 249 Å². The van der Waals surface area contributed by atoms with Crippen LogP contribution in [0.25, 0.3) is 0 Å². The fourth-order valence-corrected chi connectivity index (χ4v) is 5.51. The van der Waals surface area contributed by atoms with Gasteiger partial charge in [0.05, 0.1) is 25.9 Å². The van der Waals surface area contributed by atoms with Crippen LogP contribution in [0.5, 0.6) is 11.5 Å². The number of thiol groups is 1. The van der Waals surface area contributed by atoms with Gasteiger partial charge in [0.15, 0.2) is 0 Å². The molecule has 2 aliphatic rings. The van der Waals surface area contributed by atoms with Crippen molar-refractivity contribution in [2.75, 3.05) is 28.5 Å². The van der Waals surface area contributed by atoms with Crippen LogP contribution in [0.15, 0.2) is 35.4 Å². The summed E-state index contributed by atoms with van der Waals surface area (Å²) in [5, 5.41) is 13.9. The van der Waals surface area contributed by atoms with Gasteiger partial charge in [0.2, 0.25) is 5.95 Å². The summed E-state index contributed by atoms with van der Waals surface area (Å²) in [5.74, 6) is 1.01. The van der Waals surface area contributed by atoms with E-state index >= 15 is 0 Å². The van der Waals surface area contributed by atoms with Gasteiger partial charge < -0.3 is 25.5 Å². The minimum Gasteiger partial charge on any atom is -0.506 e. The number of carbonyl (C=O) groups excluding carboxylic acids is 1. The molecule has 41 heavy (non-hydrogen) atoms. The first-order chi connectivity index (χ1) is 19.7. The number of aryl methyl sites for hydroxylation is 1. The number of phenols is 1. The van der Waals surface area contributed by atoms with E-state index in [1.165, 1.54) is 33.6 Å². The number of fused-ring (bicyclic) bond motifs is 1. The average molecular weight is 602 g/mol. The van der Waals surface area contributed by atoms with Crippen molar-refractivity contribution in [3.05, 3.63) is 62.7 Å². The maximum absolute atomic E-state index is 14.1. The highest BCUT2D eigenvalue weighted by Gasteiger charge is 2.36. The van der Waals surface area contributed by atoms with Gasteiger partial charge in [-0.2, -0.15) is 17.6 Å². The zero-order valence-electron chi connectivity index (χ0n) is 23.6. The van der Waals surface area contributed by atoms with Crippen molar-refractivity contribution in [2.45, 2.75) is 57.8 Å². The molecule has 0 saturated heterocycles. The summed E-state index contributed by atoms with van der Waals surface area (Å²) in [4.78, 5) is 38.7. The Morgan fingerprint density at radius 2 is 1.98 bits per heavy atom. The van der Waals surface area contributed by atoms with Crippen LogP contribution in [0, 0.1) is 6.92 Å². The SMILES string of the molecule is COc1cc(O)c(Cl)c(N2Cc3cnc(NC4CCCCC4N)nc3N(Cc3ccn(C)c(=O)c3)C2=O)c1C.CS. The third-order valence-corrected chi connectivity index (χ3v) is 7.82. The smallest absolute Gasteiger partial charge is 0.330 e. The molecule has 3 aromatic rings. The van der Waals surface area contributed by atoms with E-state index in [0.29, 0.717) is 39.9 Å². The van der Waals surface area contributed by atoms with Gasteiger partial charge in [-0.15, -0.1) is 0 Å². The van der Waals surface area contributed by atoms with Crippen LogP contribution in [-0.4, -0.2) is 51.1 Å². The van der Waals surface area contributed by atoms with Crippen LogP contribution in [0.4, 0.5) is 22.2 Å². The molecule has 220 valence electrons. The number of anilines is 3. The van der Waals surface area contributed by atoms with Crippen molar-refractivity contribution < 1.29 is 14.6 Å². The summed E-state index contributed by atoms with van der Waals surface area (Å²) in [6, 6.07) is 4.31. The molecule has 2 unspecified atom stereocenters. The molecular formula is C28H36ClN7O4S. The Bertz CT molecular complexity index is 1480. The van der Waals surface area contributed by atoms with Gasteiger partial charge in [0.1, 0.15) is 22.3 Å². The van der Waals surface area contributed by atoms with E-state index in [9.17, 15) is 14.7 Å². The molecule has 2 atom stereocenters. The van der Waals surface area contributed by atoms with Crippen LogP contribution in [0.1, 0.15) is 42.4 Å². The Morgan fingerprint density at radius 1 is 1.24 bits per heavy atom. The van der Waals surface area contributed by atoms with E-state index in [0.717, 1.165) is 25.7 Å². The van der Waals surface area contributed by atoms with Crippen LogP contribution < -0.4 is 31.1 Å². The van der Waals surface area contributed by atoms with Crippen molar-refractivity contribution in [1.82, 2.24) is 14.5 Å². The number of aromatic nitrogens is 3. The van der Waals surface area contributed by atoms with Gasteiger partial charge in [-0.05, 0) is 37.7 Å². The van der Waals surface area contributed by atoms with Crippen LogP contribution >= 0.6 is 24.2 Å². The maximum Gasteiger partial charge on any atom is 0.330 e. The lowest BCUT2D eigenvalue weighted by Gasteiger charge is -2.37. The number of carbonyl (C=O) groups is 1. The molecule has 3 heterocycles. The van der Waals surface area contributed by atoms with Gasteiger partial charge in [-0.25, -0.2) is 9.78 Å². The number of nitrogens with two attached hydrogens (primary N) is 1. The number of amides is 2. The predicted octanol–water partition coefficient (Wildman–Crippen LogP) is 4.23. The van der Waals surface area contributed by atoms with E-state index in [-0.39, 0.29) is 41.5 Å². The molecule has 4 N–H and O–H groups in total. The number of methoxy groups -OCH3 is 1. The molecule has 5 rings (SSSR count). The molecule has 1 saturated carbocycles. The highest BCUT2D eigenvalue weighted by Crippen LogP contribution is 2.44. The first kappa shape index (κ1) is 30.5. The molecule has 13 heteroatoms. The molecule has 1 aromatic carbocycles. The summed E-state index contributed by atoms with van der Waals surface area (Å²) in [7, 11) is 3.14. The number of benzene rings is 1. The predicted molar refractivity (Wildman–Crippen MR) is 165 cm³/mol. The quantitative estimate of drug-likeness (QED) is 0.308. The Morgan fingerprint density at radius 3 is 2.66 bits per heavy atom. The number of hydrogen-bond donors (Lipinski definition) is 4. The molecule has 1 aliphatic carbocycles. The van der Waals surface area contributed by atoms with Gasteiger partial charge in [0.25, 0.3) is 5.56 Å². The number of ether oxygens (including phenoxy) is 1. The van der Waals surface area contributed by atoms with Gasteiger partial charge in [0, 0.05) is 54.8 Å². The number of halogens is 1. The van der Waals surface area contributed by atoms with Crippen molar-refractivity contribution in [2.24, 2.45) is 12.8 Å². The summed E-state index contributed by atoms with van der Waals surface area (Å²) >= 11 is 10.1. The molecule has 11 nitrogen and oxygen atoms in total. The highest BCUT2D eigenvalue weighted by atomic mass is 35.5. The lowest BCUT2D eigenvalue weighted by atomic mass is 9.91. The summed E-state index contributed by atoms with van der Waals surface area (Å²) < 4.78 is 6.87. The van der Waals surface area contributed by atoms with Crippen molar-refractivity contribution in [3.63, 3.8) is 0 Å². The summed E-state index contributed by atoms with van der Waals surface area (Å²) in [6.45, 7) is 1.98. The summed E-state index contributed by atoms with van der Waals surface area (Å²) in [5.41, 5.74) is 8.37. The number of nitrogens with one attached hydrogen (secondary N) is 1. The maximum atomic E-state index is 14.1. The van der Waals surface area contributed by atoms with Crippen LogP contribution in [-0.2, 0) is 20.1 Å². The topological polar surface area (TPSA) is 139 Å². The number of rotatable bonds is 6. The van der Waals surface area contributed by atoms with Gasteiger partial charge >= 0.3 is 6.03 Å². The van der Waals surface area contributed by atoms with Crippen molar-refractivity contribution in [3.8, 4) is 11.5 Å². The number of nitrogens with zero attached hydrogens (tertiary/aromatic N) is 5. The molecule has 0 spiro atoms. The lowest BCUT2D eigenvalue weighted by Crippen LogP contribution is -2.48. The fourth-order valence-electron chi connectivity index (χ4n) is 5.21. The van der Waals surface area contributed by atoms with E-state index in [1.807, 2.05) is 0 Å². The third kappa shape index (κ3) is 6.24. The summed E-state index contributed by atoms with van der Waals surface area (Å²) in [6.07, 6.45) is 9.05. The van der Waals surface area contributed by atoms with E-state index < -0.39 is 6.03 Å². The first-order valence-corrected chi connectivity index (χ1v) is 14.6. The number of pyridine rings is 1. The average Bonchev–Trinajstić information content (AvgIpc) is 2.97. The molecule has 1 aliphatic heterocycles. The third-order valence-electron chi connectivity index (χ3n) is 7.45. The molecule has 2 amide bonds. The normalized spacial score (nSPS) is 18.4. The minimum absolute atomic E-state index is 0.00185. The zero-order chi connectivity index (χ0) is 29.8. The van der Waals surface area contributed by atoms with Crippen molar-refractivity contribution in [1.29, 1.82) is 0 Å². The number of aromatic hydroxyl groups is 1. The van der Waals surface area contributed by atoms with E-state index in [1.54, 1.807) is 38.7 Å². The van der Waals surface area contributed by atoms with Gasteiger partial charge in [-0.1, -0.05) is 24.4 Å². The first-order valence-electron chi connectivity index (χ1n) is 13.3. The Hall–Kier alpha value is -3.48. The second kappa shape index (κ2) is 13.0. The minimum atomic E-state index is -0.417. The van der Waals surface area contributed by atoms with Crippen LogP contribution in [0.2, 0.25) is 5.02 Å². The number of urea groups is 1. The highest BCUT2D eigenvalue weighted by molar-refractivity contribution is 7.79. The van der Waals surface area contributed by atoms with Crippen LogP contribution in [0.3, 0.4) is 0 Å². The monoisotopic (exact) mass is 601 g/mol. The largest absolute Gasteiger partial charge is 0.506 e. The van der Waals surface area contributed by atoms with E-state index in [2.05, 4.69) is 22.9 Å². The molecule has 1 fully saturated rings. The van der Waals surface area contributed by atoms with Gasteiger partial charge in [-0.3, -0.25) is 14.6 Å². The molecular weight excluding hydrogens is 566 g/mol. The van der Waals surface area contributed by atoms with E-state index in [4.69, 9.17) is 27.1 Å². The Kier molecular flexibility index (Phi) is 9.67. The molecule has 2 aromatic heterocycles. The van der Waals surface area contributed by atoms with Crippen molar-refractivity contribution >= 4 is 47.7 Å². The standard InChI is InChI=1S/C27H32ClN7O4.CH4S/c1-15-21(39-3)11-20(36)23(28)24(15)34-14-17-12-30-26(31-19-7-5-4-6-18(19)29)32-25(17)35(27(34)38)13-16-8-9-33(2)22(37)10-16;1-2/h8-12,18-19,36H,4-7,13-14,29H2,1-3H3,(H,30,31,32);2H,1H3. The number of phenolic OH excluding ortho intramolecular Hbond substituents is 1. The number of hydrogen-bond acceptors (Lipinski definition) is 9. The molecule has 0 radical (unpaired) electrons. The zero-order valence-corrected chi connectivity index (χ0v) is 25.2. The fraction of sp³-hybridized carbons (Fsp3) is 0.429. The second-order valence-electron chi connectivity index (χ2n) is 10.1. The second-order valence-corrected chi connectivity index (χ2v) is 10.4. The lowest BCUT2D eigenvalue weighted by molar-refractivity contribution is 0.249. The Balaban J connectivity index is 0.00000189.